The summed E-state index contributed by atoms with van der Waals surface area (Å²) in [5, 5.41) is 24.4. The number of hydrogen-bond acceptors (Lipinski definition) is 9. The summed E-state index contributed by atoms with van der Waals surface area (Å²) in [6, 6.07) is 0.957. The van der Waals surface area contributed by atoms with Gasteiger partial charge in [-0.15, -0.1) is 0 Å². The highest BCUT2D eigenvalue weighted by atomic mass is 16.7. The molecule has 5 heterocycles. The Morgan fingerprint density at radius 2 is 2.11 bits per heavy atom. The Bertz CT molecular complexity index is 1470. The molecule has 1 aromatic heterocycles. The molecule has 0 saturated heterocycles. The minimum Gasteiger partial charge on any atom is -0.458 e. The van der Waals surface area contributed by atoms with E-state index in [9.17, 15) is 24.6 Å². The smallest absolute Gasteiger partial charge is 0.342 e. The van der Waals surface area contributed by atoms with Crippen molar-refractivity contribution < 1.29 is 38.8 Å². The first-order valence-corrected chi connectivity index (χ1v) is 12.5. The number of aromatic nitrogens is 1. The van der Waals surface area contributed by atoms with Gasteiger partial charge in [-0.2, -0.15) is 0 Å². The van der Waals surface area contributed by atoms with E-state index in [0.29, 0.717) is 46.7 Å². The number of aliphatic hydroxyl groups excluding tert-OH is 1. The lowest BCUT2D eigenvalue weighted by Gasteiger charge is -2.41. The fraction of sp³-hybridized carbons (Fsp3) is 0.462. The molecular weight excluding hydrogens is 482 g/mol. The number of nitrogens with zero attached hydrogens (tertiary/aromatic N) is 2. The molecule has 0 bridgehead atoms. The molecule has 3 atom stereocenters. The third kappa shape index (κ3) is 2.89. The maximum absolute atomic E-state index is 13.7. The summed E-state index contributed by atoms with van der Waals surface area (Å²) in [7, 11) is 0. The zero-order chi connectivity index (χ0) is 25.6. The van der Waals surface area contributed by atoms with Crippen molar-refractivity contribution in [3.05, 3.63) is 39.6 Å². The van der Waals surface area contributed by atoms with Gasteiger partial charge in [0.2, 0.25) is 12.7 Å². The minimum absolute atomic E-state index is 0.0933. The van der Waals surface area contributed by atoms with Crippen LogP contribution >= 0.6 is 0 Å². The highest BCUT2D eigenvalue weighted by Crippen LogP contribution is 2.53. The van der Waals surface area contributed by atoms with E-state index in [4.69, 9.17) is 19.2 Å². The zero-order valence-electron chi connectivity index (χ0n) is 20.1. The van der Waals surface area contributed by atoms with Crippen molar-refractivity contribution in [2.45, 2.75) is 56.8 Å². The average molecular weight is 507 g/mol. The first-order valence-electron chi connectivity index (χ1n) is 12.5. The highest BCUT2D eigenvalue weighted by Gasteiger charge is 2.53. The van der Waals surface area contributed by atoms with E-state index < -0.39 is 30.1 Å². The number of amides is 2. The molecule has 0 fully saturated rings. The summed E-state index contributed by atoms with van der Waals surface area (Å²) < 4.78 is 16.6. The Morgan fingerprint density at radius 3 is 2.89 bits per heavy atom. The standard InChI is InChI=1S/C26H25N3O8/c1-2-26(34)14-5-17-22-12(7-29(17)24(32)13(14)9-35-25(26)33)21-15(27-19(31)8-30)4-3-11-20(21)16(28-22)6-18-23(11)37-10-36-18/h6,15,17,30,34H,2-5,7-10H2,1H3,(H,27,31)/t15-,17?,26-/m0/s1. The third-order valence-corrected chi connectivity index (χ3v) is 8.39. The molecule has 0 saturated carbocycles. The summed E-state index contributed by atoms with van der Waals surface area (Å²) in [5.41, 5.74) is 2.86. The zero-order valence-corrected chi connectivity index (χ0v) is 20.1. The Morgan fingerprint density at radius 1 is 1.27 bits per heavy atom. The lowest BCUT2D eigenvalue weighted by molar-refractivity contribution is -0.165. The van der Waals surface area contributed by atoms with E-state index in [2.05, 4.69) is 5.32 Å². The average Bonchev–Trinajstić information content (AvgIpc) is 3.52. The second-order valence-electron chi connectivity index (χ2n) is 10.1. The second-order valence-corrected chi connectivity index (χ2v) is 10.1. The van der Waals surface area contributed by atoms with Crippen LogP contribution in [0.3, 0.4) is 0 Å². The van der Waals surface area contributed by atoms with Crippen LogP contribution in [0.2, 0.25) is 0 Å². The van der Waals surface area contributed by atoms with Crippen molar-refractivity contribution in [2.24, 2.45) is 0 Å². The van der Waals surface area contributed by atoms with Gasteiger partial charge in [-0.25, -0.2) is 4.79 Å². The van der Waals surface area contributed by atoms with Gasteiger partial charge in [0.1, 0.15) is 13.2 Å². The van der Waals surface area contributed by atoms with Gasteiger partial charge in [-0.05, 0) is 36.8 Å². The number of pyridine rings is 1. The molecule has 0 spiro atoms. The van der Waals surface area contributed by atoms with Crippen LogP contribution in [0.5, 0.6) is 11.5 Å². The lowest BCUT2D eigenvalue weighted by atomic mass is 9.78. The molecule has 37 heavy (non-hydrogen) atoms. The molecule has 4 aliphatic heterocycles. The first kappa shape index (κ1) is 22.5. The molecule has 1 aliphatic carbocycles. The fourth-order valence-corrected chi connectivity index (χ4v) is 6.63. The molecule has 5 aliphatic rings. The normalized spacial score (nSPS) is 27.2. The molecule has 3 N–H and O–H groups in total. The second kappa shape index (κ2) is 7.65. The van der Waals surface area contributed by atoms with Gasteiger partial charge < -0.3 is 34.6 Å². The topological polar surface area (TPSA) is 148 Å². The molecule has 1 unspecified atom stereocenters. The number of carbonyl (C=O) groups is 3. The van der Waals surface area contributed by atoms with Crippen molar-refractivity contribution in [1.29, 1.82) is 0 Å². The Balaban J connectivity index is 1.43. The number of fused-ring (bicyclic) bond motifs is 6. The van der Waals surface area contributed by atoms with E-state index >= 15 is 0 Å². The monoisotopic (exact) mass is 507 g/mol. The third-order valence-electron chi connectivity index (χ3n) is 8.39. The number of carbonyl (C=O) groups excluding carboxylic acids is 3. The maximum Gasteiger partial charge on any atom is 0.342 e. The molecule has 7 rings (SSSR count). The fourth-order valence-electron chi connectivity index (χ4n) is 6.63. The van der Waals surface area contributed by atoms with Gasteiger partial charge in [-0.1, -0.05) is 6.92 Å². The van der Waals surface area contributed by atoms with E-state index in [1.54, 1.807) is 11.8 Å². The van der Waals surface area contributed by atoms with E-state index in [0.717, 1.165) is 22.1 Å². The van der Waals surface area contributed by atoms with Crippen LogP contribution in [-0.4, -0.2) is 63.5 Å². The van der Waals surface area contributed by atoms with Crippen molar-refractivity contribution in [1.82, 2.24) is 15.2 Å². The van der Waals surface area contributed by atoms with Gasteiger partial charge >= 0.3 is 5.97 Å². The molecule has 2 amide bonds. The van der Waals surface area contributed by atoms with Gasteiger partial charge in [0, 0.05) is 29.1 Å². The van der Waals surface area contributed by atoms with Crippen LogP contribution in [0.1, 0.15) is 60.7 Å². The number of hydrogen-bond donors (Lipinski definition) is 3. The molecular formula is C26H25N3O8. The lowest BCUT2D eigenvalue weighted by Crippen LogP contribution is -2.51. The number of ether oxygens (including phenoxy) is 3. The van der Waals surface area contributed by atoms with Gasteiger partial charge in [0.05, 0.1) is 28.9 Å². The Labute approximate surface area is 211 Å². The number of aliphatic hydroxyl groups is 2. The van der Waals surface area contributed by atoms with E-state index in [-0.39, 0.29) is 44.7 Å². The summed E-state index contributed by atoms with van der Waals surface area (Å²) in [6.07, 6.45) is 1.56. The van der Waals surface area contributed by atoms with Crippen molar-refractivity contribution in [2.75, 3.05) is 20.0 Å². The number of rotatable bonds is 3. The summed E-state index contributed by atoms with van der Waals surface area (Å²) in [6.45, 7) is 1.27. The number of nitrogens with one attached hydrogen (secondary N) is 1. The van der Waals surface area contributed by atoms with Crippen LogP contribution < -0.4 is 14.8 Å². The summed E-state index contributed by atoms with van der Waals surface area (Å²) >= 11 is 0. The number of cyclic esters (lactones) is 1. The van der Waals surface area contributed by atoms with Gasteiger partial charge in [-0.3, -0.25) is 14.6 Å². The van der Waals surface area contributed by atoms with Crippen molar-refractivity contribution in [3.63, 3.8) is 0 Å². The van der Waals surface area contributed by atoms with E-state index in [1.165, 1.54) is 0 Å². The molecule has 11 nitrogen and oxygen atoms in total. The van der Waals surface area contributed by atoms with Crippen LogP contribution in [0.4, 0.5) is 0 Å². The van der Waals surface area contributed by atoms with Crippen LogP contribution in [0, 0.1) is 0 Å². The molecule has 2 aromatic rings. The SMILES string of the molecule is CC[C@@]1(O)C(=O)OCC2=C1CC1c3nc4cc5c(c6c4c(c3CN1C2=O)[C@@H](NC(=O)CO)CC6)OCO5. The Hall–Kier alpha value is -3.70. The van der Waals surface area contributed by atoms with Crippen molar-refractivity contribution >= 4 is 28.7 Å². The molecule has 11 heteroatoms. The largest absolute Gasteiger partial charge is 0.458 e. The Kier molecular flexibility index (Phi) is 4.65. The number of aryl methyl sites for hydroxylation is 1. The van der Waals surface area contributed by atoms with Crippen LogP contribution in [0.15, 0.2) is 17.2 Å². The minimum atomic E-state index is -1.85. The summed E-state index contributed by atoms with van der Waals surface area (Å²) in [4.78, 5) is 45.1. The predicted molar refractivity (Wildman–Crippen MR) is 125 cm³/mol. The van der Waals surface area contributed by atoms with Crippen molar-refractivity contribution in [3.8, 4) is 11.5 Å². The first-order chi connectivity index (χ1) is 17.9. The highest BCUT2D eigenvalue weighted by molar-refractivity contribution is 6.01. The number of benzene rings is 1. The molecule has 1 aromatic carbocycles. The van der Waals surface area contributed by atoms with Crippen LogP contribution in [-0.2, 0) is 32.1 Å². The maximum atomic E-state index is 13.7. The predicted octanol–water partition coefficient (Wildman–Crippen LogP) is 0.841. The quantitative estimate of drug-likeness (QED) is 0.514. The van der Waals surface area contributed by atoms with Gasteiger partial charge in [0.15, 0.2) is 17.1 Å². The van der Waals surface area contributed by atoms with E-state index in [1.807, 2.05) is 6.07 Å². The summed E-state index contributed by atoms with van der Waals surface area (Å²) in [5.74, 6) is -0.232. The van der Waals surface area contributed by atoms with Crippen LogP contribution in [0.25, 0.3) is 10.9 Å². The molecule has 0 radical (unpaired) electrons. The van der Waals surface area contributed by atoms with Gasteiger partial charge in [0.25, 0.3) is 5.91 Å². The number of esters is 1. The molecule has 192 valence electrons.